The number of benzene rings is 1. The fraction of sp³-hybridized carbons (Fsp3) is 0.308. The topological polar surface area (TPSA) is 92.1 Å². The van der Waals surface area contributed by atoms with Gasteiger partial charge < -0.3 is 10.4 Å². The number of urea groups is 1. The molecule has 112 valence electrons. The van der Waals surface area contributed by atoms with E-state index in [1.165, 1.54) is 11.0 Å². The van der Waals surface area contributed by atoms with Crippen LogP contribution in [0.5, 0.6) is 0 Å². The predicted molar refractivity (Wildman–Crippen MR) is 79.0 cm³/mol. The number of halogens is 1. The summed E-state index contributed by atoms with van der Waals surface area (Å²) in [6.07, 6.45) is 1.33. The van der Waals surface area contributed by atoms with Crippen molar-refractivity contribution in [1.82, 2.24) is 20.1 Å². The van der Waals surface area contributed by atoms with Crippen LogP contribution in [0.25, 0.3) is 0 Å². The average molecular weight is 310 g/mol. The molecule has 2 aromatic rings. The summed E-state index contributed by atoms with van der Waals surface area (Å²) in [6.45, 7) is 1.58. The largest absolute Gasteiger partial charge is 0.384 e. The summed E-state index contributed by atoms with van der Waals surface area (Å²) in [5, 5.41) is 19.8. The van der Waals surface area contributed by atoms with Gasteiger partial charge in [-0.25, -0.2) is 9.48 Å². The minimum atomic E-state index is -1.28. The van der Waals surface area contributed by atoms with Gasteiger partial charge in [0.15, 0.2) is 0 Å². The van der Waals surface area contributed by atoms with Gasteiger partial charge in [0.1, 0.15) is 11.9 Å². The van der Waals surface area contributed by atoms with Crippen molar-refractivity contribution in [3.05, 3.63) is 41.2 Å². The molecule has 0 saturated heterocycles. The van der Waals surface area contributed by atoms with Crippen molar-refractivity contribution in [1.29, 1.82) is 0 Å². The summed E-state index contributed by atoms with van der Waals surface area (Å²) in [4.78, 5) is 15.6. The lowest BCUT2D eigenvalue weighted by atomic mass is 9.96. The lowest BCUT2D eigenvalue weighted by molar-refractivity contribution is 0.0600. The van der Waals surface area contributed by atoms with Crippen molar-refractivity contribution in [2.45, 2.75) is 12.5 Å². The van der Waals surface area contributed by atoms with Crippen LogP contribution in [0.1, 0.15) is 12.5 Å². The highest BCUT2D eigenvalue weighted by Gasteiger charge is 2.26. The molecule has 0 bridgehead atoms. The maximum Gasteiger partial charge on any atom is 0.321 e. The van der Waals surface area contributed by atoms with Crippen molar-refractivity contribution < 1.29 is 9.90 Å². The summed E-state index contributed by atoms with van der Waals surface area (Å²) >= 11 is 6.05. The van der Waals surface area contributed by atoms with Gasteiger partial charge in [-0.05, 0) is 13.0 Å². The summed E-state index contributed by atoms with van der Waals surface area (Å²) in [6, 6.07) is 6.46. The molecule has 0 aliphatic heterocycles. The minimum absolute atomic E-state index is 0.000415. The Hall–Kier alpha value is -2.12. The molecule has 1 atom stereocenters. The highest BCUT2D eigenvalue weighted by atomic mass is 35.5. The van der Waals surface area contributed by atoms with Gasteiger partial charge in [0.05, 0.1) is 6.54 Å². The van der Waals surface area contributed by atoms with Crippen molar-refractivity contribution >= 4 is 23.6 Å². The van der Waals surface area contributed by atoms with Crippen molar-refractivity contribution in [2.24, 2.45) is 7.05 Å². The van der Waals surface area contributed by atoms with Gasteiger partial charge in [-0.15, -0.1) is 0 Å². The molecule has 7 nitrogen and oxygen atoms in total. The second-order valence-electron chi connectivity index (χ2n) is 4.77. The standard InChI is InChI=1S/C13H16ClN5O2/c1-13(21,9-5-3-4-6-10(9)14)7-15-12(20)18-11-16-8-17-19(11)2/h3-6,8,21H,7H2,1-2H3,(H2,15,16,17,18,20). The Morgan fingerprint density at radius 2 is 2.19 bits per heavy atom. The molecule has 0 spiro atoms. The van der Waals surface area contributed by atoms with Crippen LogP contribution >= 0.6 is 11.6 Å². The van der Waals surface area contributed by atoms with Gasteiger partial charge in [0.2, 0.25) is 5.95 Å². The Bertz CT molecular complexity index is 641. The first-order valence-corrected chi connectivity index (χ1v) is 6.64. The molecule has 1 aromatic carbocycles. The zero-order chi connectivity index (χ0) is 15.5. The number of nitrogens with zero attached hydrogens (tertiary/aromatic N) is 3. The molecule has 21 heavy (non-hydrogen) atoms. The van der Waals surface area contributed by atoms with Gasteiger partial charge in [-0.3, -0.25) is 5.32 Å². The fourth-order valence-electron chi connectivity index (χ4n) is 1.80. The van der Waals surface area contributed by atoms with Gasteiger partial charge in [0, 0.05) is 17.6 Å². The van der Waals surface area contributed by atoms with Crippen molar-refractivity contribution in [3.63, 3.8) is 0 Å². The number of carbonyl (C=O) groups is 1. The molecule has 0 aliphatic rings. The smallest absolute Gasteiger partial charge is 0.321 e. The summed E-state index contributed by atoms with van der Waals surface area (Å²) in [5.41, 5.74) is -0.735. The zero-order valence-corrected chi connectivity index (χ0v) is 12.4. The Balaban J connectivity index is 1.97. The molecule has 1 unspecified atom stereocenters. The highest BCUT2D eigenvalue weighted by molar-refractivity contribution is 6.31. The van der Waals surface area contributed by atoms with E-state index in [4.69, 9.17) is 11.6 Å². The van der Waals surface area contributed by atoms with Crippen LogP contribution in [0.2, 0.25) is 5.02 Å². The Morgan fingerprint density at radius 3 is 2.81 bits per heavy atom. The second kappa shape index (κ2) is 6.11. The number of hydrogen-bond acceptors (Lipinski definition) is 4. The van der Waals surface area contributed by atoms with Crippen LogP contribution in [0.3, 0.4) is 0 Å². The van der Waals surface area contributed by atoms with Crippen molar-refractivity contribution in [2.75, 3.05) is 11.9 Å². The Morgan fingerprint density at radius 1 is 1.48 bits per heavy atom. The third-order valence-electron chi connectivity index (χ3n) is 2.98. The van der Waals surface area contributed by atoms with Crippen molar-refractivity contribution in [3.8, 4) is 0 Å². The first-order chi connectivity index (χ1) is 9.90. The number of nitrogens with one attached hydrogen (secondary N) is 2. The molecule has 0 aliphatic carbocycles. The molecule has 2 rings (SSSR count). The minimum Gasteiger partial charge on any atom is -0.384 e. The quantitative estimate of drug-likeness (QED) is 0.798. The lowest BCUT2D eigenvalue weighted by Gasteiger charge is -2.25. The summed E-state index contributed by atoms with van der Waals surface area (Å²) in [7, 11) is 1.66. The van der Waals surface area contributed by atoms with E-state index in [-0.39, 0.29) is 6.54 Å². The first-order valence-electron chi connectivity index (χ1n) is 6.26. The fourth-order valence-corrected chi connectivity index (χ4v) is 2.14. The van der Waals surface area contributed by atoms with Crippen LogP contribution in [0.4, 0.5) is 10.7 Å². The molecule has 1 heterocycles. The van der Waals surface area contributed by atoms with E-state index < -0.39 is 11.6 Å². The molecule has 3 N–H and O–H groups in total. The van der Waals surface area contributed by atoms with E-state index in [1.807, 2.05) is 0 Å². The molecule has 0 fully saturated rings. The maximum absolute atomic E-state index is 11.8. The molecule has 1 aromatic heterocycles. The Kier molecular flexibility index (Phi) is 4.44. The van der Waals surface area contributed by atoms with E-state index in [1.54, 1.807) is 38.2 Å². The summed E-state index contributed by atoms with van der Waals surface area (Å²) < 4.78 is 1.42. The van der Waals surface area contributed by atoms with Gasteiger partial charge in [-0.2, -0.15) is 10.1 Å². The van der Waals surface area contributed by atoms with E-state index in [0.717, 1.165) is 0 Å². The van der Waals surface area contributed by atoms with E-state index >= 15 is 0 Å². The monoisotopic (exact) mass is 309 g/mol. The highest BCUT2D eigenvalue weighted by Crippen LogP contribution is 2.27. The summed E-state index contributed by atoms with van der Waals surface area (Å²) in [5.74, 6) is 0.310. The number of anilines is 1. The van der Waals surface area contributed by atoms with Crippen LogP contribution in [-0.4, -0.2) is 32.4 Å². The van der Waals surface area contributed by atoms with Gasteiger partial charge in [0.25, 0.3) is 0 Å². The van der Waals surface area contributed by atoms with Gasteiger partial charge in [-0.1, -0.05) is 29.8 Å². The van der Waals surface area contributed by atoms with Crippen LogP contribution in [-0.2, 0) is 12.6 Å². The Labute approximate surface area is 126 Å². The number of aliphatic hydroxyl groups is 1. The number of carbonyl (C=O) groups excluding carboxylic acids is 1. The van der Waals surface area contributed by atoms with Crippen LogP contribution < -0.4 is 10.6 Å². The molecule has 2 amide bonds. The second-order valence-corrected chi connectivity index (χ2v) is 5.18. The van der Waals surface area contributed by atoms with E-state index in [2.05, 4.69) is 20.7 Å². The average Bonchev–Trinajstić information content (AvgIpc) is 2.82. The number of aromatic nitrogens is 3. The number of hydrogen-bond donors (Lipinski definition) is 3. The molecule has 0 saturated carbocycles. The molecule has 0 radical (unpaired) electrons. The maximum atomic E-state index is 11.8. The van der Waals surface area contributed by atoms with E-state index in [0.29, 0.717) is 16.5 Å². The molecular formula is C13H16ClN5O2. The molecule has 8 heteroatoms. The number of amides is 2. The SMILES string of the molecule is Cn1ncnc1NC(=O)NCC(C)(O)c1ccccc1Cl. The van der Waals surface area contributed by atoms with E-state index in [9.17, 15) is 9.90 Å². The first kappa shape index (κ1) is 15.3. The normalized spacial score (nSPS) is 13.5. The number of aryl methyl sites for hydroxylation is 1. The van der Waals surface area contributed by atoms with Crippen LogP contribution in [0.15, 0.2) is 30.6 Å². The molecular weight excluding hydrogens is 294 g/mol. The number of rotatable bonds is 4. The lowest BCUT2D eigenvalue weighted by Crippen LogP contribution is -2.41. The third-order valence-corrected chi connectivity index (χ3v) is 3.31. The van der Waals surface area contributed by atoms with Gasteiger partial charge >= 0.3 is 6.03 Å². The van der Waals surface area contributed by atoms with Crippen LogP contribution in [0, 0.1) is 0 Å². The zero-order valence-electron chi connectivity index (χ0n) is 11.7. The third kappa shape index (κ3) is 3.71. The predicted octanol–water partition coefficient (Wildman–Crippen LogP) is 1.50.